The fourth-order valence-corrected chi connectivity index (χ4v) is 4.72. The highest BCUT2D eigenvalue weighted by Crippen LogP contribution is 2.35. The first-order valence-electron chi connectivity index (χ1n) is 13.2. The Labute approximate surface area is 236 Å². The van der Waals surface area contributed by atoms with Crippen molar-refractivity contribution in [3.8, 4) is 5.75 Å². The lowest BCUT2D eigenvalue weighted by molar-refractivity contribution is -0.134. The van der Waals surface area contributed by atoms with E-state index in [-0.39, 0.29) is 24.0 Å². The lowest BCUT2D eigenvalue weighted by Crippen LogP contribution is -2.24. The molecule has 1 aliphatic rings. The molecule has 1 aliphatic heterocycles. The smallest absolute Gasteiger partial charge is 0.341 e. The molecule has 0 saturated carbocycles. The van der Waals surface area contributed by atoms with Crippen molar-refractivity contribution in [1.82, 2.24) is 5.01 Å². The Hall–Kier alpha value is -4.39. The van der Waals surface area contributed by atoms with Gasteiger partial charge in [0.25, 0.3) is 0 Å². The van der Waals surface area contributed by atoms with E-state index in [0.29, 0.717) is 23.3 Å². The Kier molecular flexibility index (Phi) is 8.73. The largest absolute Gasteiger partial charge is 0.503 e. The van der Waals surface area contributed by atoms with Crippen LogP contribution >= 0.6 is 0 Å². The molecular formula is C33H36N2O5. The zero-order valence-electron chi connectivity index (χ0n) is 23.9. The van der Waals surface area contributed by atoms with Crippen molar-refractivity contribution >= 4 is 23.2 Å². The number of carbonyl (C=O) groups is 2. The fraction of sp³-hybridized carbons (Fsp3) is 0.303. The van der Waals surface area contributed by atoms with Gasteiger partial charge in [0, 0.05) is 18.9 Å². The predicted molar refractivity (Wildman–Crippen MR) is 156 cm³/mol. The SMILES string of the molecule is CO/C=C(/C(=O)OC)c1ccccc1COc1cccc(C2=NN(C(C)=O)C(c3ccc(C(C)(C)C)cc3)C2)c1. The van der Waals surface area contributed by atoms with Crippen LogP contribution in [0.15, 0.2) is 84.2 Å². The summed E-state index contributed by atoms with van der Waals surface area (Å²) in [6.07, 6.45) is 1.97. The fourth-order valence-electron chi connectivity index (χ4n) is 4.72. The van der Waals surface area contributed by atoms with Crippen LogP contribution in [0, 0.1) is 0 Å². The maximum atomic E-state index is 12.5. The van der Waals surface area contributed by atoms with Gasteiger partial charge in [-0.15, -0.1) is 0 Å². The van der Waals surface area contributed by atoms with E-state index < -0.39 is 5.97 Å². The summed E-state index contributed by atoms with van der Waals surface area (Å²) < 4.78 is 16.2. The number of ether oxygens (including phenoxy) is 3. The van der Waals surface area contributed by atoms with Gasteiger partial charge in [0.15, 0.2) is 0 Å². The highest BCUT2D eigenvalue weighted by atomic mass is 16.5. The average molecular weight is 541 g/mol. The van der Waals surface area contributed by atoms with Crippen molar-refractivity contribution in [2.24, 2.45) is 5.10 Å². The Morgan fingerprint density at radius 1 is 1.00 bits per heavy atom. The molecule has 0 fully saturated rings. The topological polar surface area (TPSA) is 77.4 Å². The highest BCUT2D eigenvalue weighted by molar-refractivity contribution is 6.16. The summed E-state index contributed by atoms with van der Waals surface area (Å²) in [6.45, 7) is 8.32. The third kappa shape index (κ3) is 6.42. The number of nitrogens with zero attached hydrogens (tertiary/aromatic N) is 2. The monoisotopic (exact) mass is 540 g/mol. The third-order valence-corrected chi connectivity index (χ3v) is 6.90. The van der Waals surface area contributed by atoms with E-state index in [9.17, 15) is 9.59 Å². The van der Waals surface area contributed by atoms with Gasteiger partial charge in [-0.3, -0.25) is 4.79 Å². The van der Waals surface area contributed by atoms with E-state index in [4.69, 9.17) is 19.3 Å². The quantitative estimate of drug-likeness (QED) is 0.187. The Balaban J connectivity index is 1.54. The summed E-state index contributed by atoms with van der Waals surface area (Å²) in [5.41, 5.74) is 5.85. The summed E-state index contributed by atoms with van der Waals surface area (Å²) in [5.74, 6) is 0.0558. The van der Waals surface area contributed by atoms with E-state index in [0.717, 1.165) is 22.4 Å². The number of hydrogen-bond acceptors (Lipinski definition) is 6. The van der Waals surface area contributed by atoms with Crippen LogP contribution in [-0.2, 0) is 31.1 Å². The van der Waals surface area contributed by atoms with E-state index in [1.165, 1.54) is 26.0 Å². The molecule has 7 nitrogen and oxygen atoms in total. The minimum absolute atomic E-state index is 0.0536. The number of amides is 1. The van der Waals surface area contributed by atoms with Crippen LogP contribution in [0.3, 0.4) is 0 Å². The molecule has 0 N–H and O–H groups in total. The first-order chi connectivity index (χ1) is 19.1. The Morgan fingerprint density at radius 3 is 2.38 bits per heavy atom. The number of hydrazone groups is 1. The second kappa shape index (κ2) is 12.2. The van der Waals surface area contributed by atoms with Crippen LogP contribution in [0.1, 0.15) is 68.0 Å². The molecule has 0 bridgehead atoms. The molecule has 7 heteroatoms. The summed E-state index contributed by atoms with van der Waals surface area (Å²) in [7, 11) is 2.82. The van der Waals surface area contributed by atoms with Crippen LogP contribution < -0.4 is 4.74 Å². The lowest BCUT2D eigenvalue weighted by atomic mass is 9.86. The number of carbonyl (C=O) groups excluding carboxylic acids is 2. The van der Waals surface area contributed by atoms with E-state index in [1.54, 1.807) is 11.9 Å². The van der Waals surface area contributed by atoms with Crippen molar-refractivity contribution in [3.05, 3.63) is 107 Å². The first-order valence-corrected chi connectivity index (χ1v) is 13.2. The summed E-state index contributed by atoms with van der Waals surface area (Å²) in [4.78, 5) is 24.8. The molecule has 4 rings (SSSR count). The molecule has 0 spiro atoms. The number of benzene rings is 3. The zero-order valence-corrected chi connectivity index (χ0v) is 23.9. The standard InChI is InChI=1S/C33H36N2O5/c1-22(36)35-31(23-14-16-26(17-15-23)33(2,3)4)19-30(34-35)24-11-9-12-27(18-24)40-20-25-10-7-8-13-28(25)29(21-38-5)32(37)39-6/h7-18,21,31H,19-20H2,1-6H3/b29-21+. The van der Waals surface area contributed by atoms with Crippen molar-refractivity contribution in [1.29, 1.82) is 0 Å². The Bertz CT molecular complexity index is 1430. The van der Waals surface area contributed by atoms with Crippen LogP contribution in [0.5, 0.6) is 5.75 Å². The van der Waals surface area contributed by atoms with Gasteiger partial charge >= 0.3 is 5.97 Å². The summed E-state index contributed by atoms with van der Waals surface area (Å²) in [5, 5.41) is 6.28. The van der Waals surface area contributed by atoms with Crippen molar-refractivity contribution < 1.29 is 23.8 Å². The summed E-state index contributed by atoms with van der Waals surface area (Å²) >= 11 is 0. The molecule has 0 aromatic heterocycles. The minimum atomic E-state index is -0.492. The molecule has 1 amide bonds. The van der Waals surface area contributed by atoms with Gasteiger partial charge < -0.3 is 14.2 Å². The van der Waals surface area contributed by atoms with E-state index in [1.807, 2.05) is 48.5 Å². The van der Waals surface area contributed by atoms with Crippen LogP contribution in [0.2, 0.25) is 0 Å². The predicted octanol–water partition coefficient (Wildman–Crippen LogP) is 6.42. The second-order valence-electron chi connectivity index (χ2n) is 10.7. The van der Waals surface area contributed by atoms with Crippen molar-refractivity contribution in [2.45, 2.75) is 52.2 Å². The van der Waals surface area contributed by atoms with Gasteiger partial charge in [0.05, 0.1) is 32.2 Å². The minimum Gasteiger partial charge on any atom is -0.503 e. The maximum absolute atomic E-state index is 12.5. The highest BCUT2D eigenvalue weighted by Gasteiger charge is 2.31. The van der Waals surface area contributed by atoms with Gasteiger partial charge in [0.2, 0.25) is 5.91 Å². The third-order valence-electron chi connectivity index (χ3n) is 6.90. The van der Waals surface area contributed by atoms with Crippen molar-refractivity contribution in [3.63, 3.8) is 0 Å². The molecule has 1 heterocycles. The lowest BCUT2D eigenvalue weighted by Gasteiger charge is -2.23. The molecule has 40 heavy (non-hydrogen) atoms. The van der Waals surface area contributed by atoms with Crippen LogP contribution in [0.25, 0.3) is 5.57 Å². The number of hydrogen-bond donors (Lipinski definition) is 0. The molecule has 0 saturated heterocycles. The van der Waals surface area contributed by atoms with Gasteiger partial charge in [-0.1, -0.05) is 81.4 Å². The molecule has 3 aromatic rings. The van der Waals surface area contributed by atoms with Crippen molar-refractivity contribution in [2.75, 3.05) is 14.2 Å². The zero-order chi connectivity index (χ0) is 28.9. The average Bonchev–Trinajstić information content (AvgIpc) is 3.41. The van der Waals surface area contributed by atoms with Gasteiger partial charge in [-0.25, -0.2) is 9.80 Å². The Morgan fingerprint density at radius 2 is 1.73 bits per heavy atom. The maximum Gasteiger partial charge on any atom is 0.341 e. The van der Waals surface area contributed by atoms with Gasteiger partial charge in [-0.2, -0.15) is 5.10 Å². The molecule has 1 unspecified atom stereocenters. The molecule has 3 aromatic carbocycles. The first kappa shape index (κ1) is 28.6. The van der Waals surface area contributed by atoms with E-state index >= 15 is 0 Å². The number of rotatable bonds is 8. The summed E-state index contributed by atoms with van der Waals surface area (Å²) in [6, 6.07) is 23.4. The number of esters is 1. The number of methoxy groups -OCH3 is 2. The molecule has 0 radical (unpaired) electrons. The van der Waals surface area contributed by atoms with E-state index in [2.05, 4.69) is 45.0 Å². The van der Waals surface area contributed by atoms with Gasteiger partial charge in [-0.05, 0) is 39.8 Å². The molecular weight excluding hydrogens is 504 g/mol. The molecule has 0 aliphatic carbocycles. The normalized spacial score (nSPS) is 15.4. The van der Waals surface area contributed by atoms with Gasteiger partial charge in [0.1, 0.15) is 17.9 Å². The van der Waals surface area contributed by atoms with Crippen LogP contribution in [-0.4, -0.2) is 36.8 Å². The molecule has 1 atom stereocenters. The molecule has 208 valence electrons. The van der Waals surface area contributed by atoms with Crippen LogP contribution in [0.4, 0.5) is 0 Å². The second-order valence-corrected chi connectivity index (χ2v) is 10.7.